The minimum absolute atomic E-state index is 0.0525. The minimum atomic E-state index is -3.73. The van der Waals surface area contributed by atoms with E-state index >= 15 is 0 Å². The quantitative estimate of drug-likeness (QED) is 0.790. The van der Waals surface area contributed by atoms with Gasteiger partial charge in [-0.25, -0.2) is 13.2 Å². The second-order valence-corrected chi connectivity index (χ2v) is 6.90. The van der Waals surface area contributed by atoms with Gasteiger partial charge in [0.1, 0.15) is 0 Å². The molecule has 6 nitrogen and oxygen atoms in total. The summed E-state index contributed by atoms with van der Waals surface area (Å²) < 4.78 is 31.4. The molecule has 1 N–H and O–H groups in total. The van der Waals surface area contributed by atoms with Crippen molar-refractivity contribution in [3.63, 3.8) is 0 Å². The van der Waals surface area contributed by atoms with Crippen LogP contribution in [0, 0.1) is 6.92 Å². The lowest BCUT2D eigenvalue weighted by Gasteiger charge is -2.22. The SMILES string of the molecule is COC(=O)c1ccc(C)c(S(=O)(=O)N(CCO)C2CC2)c1. The first-order valence-corrected chi connectivity index (χ1v) is 8.17. The molecule has 0 spiro atoms. The summed E-state index contributed by atoms with van der Waals surface area (Å²) in [6.45, 7) is 1.51. The number of nitrogens with zero attached hydrogens (tertiary/aromatic N) is 1. The fourth-order valence-corrected chi connectivity index (χ4v) is 4.14. The van der Waals surface area contributed by atoms with Crippen molar-refractivity contribution in [2.75, 3.05) is 20.3 Å². The summed E-state index contributed by atoms with van der Waals surface area (Å²) in [5.41, 5.74) is 0.757. The van der Waals surface area contributed by atoms with E-state index in [2.05, 4.69) is 4.74 Å². The van der Waals surface area contributed by atoms with E-state index in [1.165, 1.54) is 23.5 Å². The first-order chi connectivity index (χ1) is 9.91. The van der Waals surface area contributed by atoms with E-state index in [-0.39, 0.29) is 29.7 Å². The highest BCUT2D eigenvalue weighted by Crippen LogP contribution is 2.33. The van der Waals surface area contributed by atoms with Crippen LogP contribution in [0.25, 0.3) is 0 Å². The summed E-state index contributed by atoms with van der Waals surface area (Å²) in [4.78, 5) is 11.7. The van der Waals surface area contributed by atoms with Crippen molar-refractivity contribution in [1.29, 1.82) is 0 Å². The highest BCUT2D eigenvalue weighted by Gasteiger charge is 2.38. The van der Waals surface area contributed by atoms with Crippen LogP contribution < -0.4 is 0 Å². The van der Waals surface area contributed by atoms with E-state index in [4.69, 9.17) is 5.11 Å². The molecule has 1 aliphatic rings. The number of carbonyl (C=O) groups is 1. The first-order valence-electron chi connectivity index (χ1n) is 6.73. The molecule has 0 atom stereocenters. The van der Waals surface area contributed by atoms with Crippen LogP contribution in [0.4, 0.5) is 0 Å². The van der Waals surface area contributed by atoms with Crippen molar-refractivity contribution in [3.05, 3.63) is 29.3 Å². The predicted molar refractivity (Wildman–Crippen MR) is 76.5 cm³/mol. The van der Waals surface area contributed by atoms with Crippen LogP contribution in [0.2, 0.25) is 0 Å². The molecule has 0 heterocycles. The fraction of sp³-hybridized carbons (Fsp3) is 0.500. The number of hydrogen-bond donors (Lipinski definition) is 1. The van der Waals surface area contributed by atoms with E-state index in [0.29, 0.717) is 5.56 Å². The van der Waals surface area contributed by atoms with Crippen LogP contribution >= 0.6 is 0 Å². The van der Waals surface area contributed by atoms with Gasteiger partial charge in [-0.2, -0.15) is 4.31 Å². The highest BCUT2D eigenvalue weighted by atomic mass is 32.2. The van der Waals surface area contributed by atoms with Gasteiger partial charge in [0, 0.05) is 12.6 Å². The van der Waals surface area contributed by atoms with Crippen LogP contribution in [0.3, 0.4) is 0 Å². The maximum absolute atomic E-state index is 12.8. The van der Waals surface area contributed by atoms with Crippen LogP contribution in [0.5, 0.6) is 0 Å². The lowest BCUT2D eigenvalue weighted by molar-refractivity contribution is 0.0600. The Labute approximate surface area is 124 Å². The van der Waals surface area contributed by atoms with Gasteiger partial charge in [0.15, 0.2) is 0 Å². The molecule has 0 amide bonds. The van der Waals surface area contributed by atoms with Gasteiger partial charge in [-0.3, -0.25) is 0 Å². The maximum Gasteiger partial charge on any atom is 0.337 e. The summed E-state index contributed by atoms with van der Waals surface area (Å²) in [6, 6.07) is 4.41. The van der Waals surface area contributed by atoms with Gasteiger partial charge in [-0.05, 0) is 37.5 Å². The zero-order valence-corrected chi connectivity index (χ0v) is 12.9. The molecule has 1 fully saturated rings. The first kappa shape index (κ1) is 15.9. The van der Waals surface area contributed by atoms with Crippen LogP contribution in [0.15, 0.2) is 23.1 Å². The molecule has 0 bridgehead atoms. The highest BCUT2D eigenvalue weighted by molar-refractivity contribution is 7.89. The molecule has 21 heavy (non-hydrogen) atoms. The van der Waals surface area contributed by atoms with Gasteiger partial charge in [0.25, 0.3) is 0 Å². The number of ether oxygens (including phenoxy) is 1. The van der Waals surface area contributed by atoms with Crippen molar-refractivity contribution >= 4 is 16.0 Å². The molecule has 1 saturated carbocycles. The Kier molecular flexibility index (Phi) is 4.65. The molecule has 0 aromatic heterocycles. The maximum atomic E-state index is 12.8. The monoisotopic (exact) mass is 313 g/mol. The van der Waals surface area contributed by atoms with Gasteiger partial charge >= 0.3 is 5.97 Å². The molecular weight excluding hydrogens is 294 g/mol. The number of rotatable bonds is 6. The number of aryl methyl sites for hydroxylation is 1. The summed E-state index contributed by atoms with van der Waals surface area (Å²) in [5, 5.41) is 9.09. The second-order valence-electron chi connectivity index (χ2n) is 5.04. The van der Waals surface area contributed by atoms with Gasteiger partial charge in [-0.15, -0.1) is 0 Å². The number of aliphatic hydroxyl groups is 1. The molecule has 7 heteroatoms. The normalized spacial score (nSPS) is 15.2. The lowest BCUT2D eigenvalue weighted by Crippen LogP contribution is -2.36. The Bertz CT molecular complexity index is 637. The van der Waals surface area contributed by atoms with Gasteiger partial charge in [0.2, 0.25) is 10.0 Å². The topological polar surface area (TPSA) is 83.9 Å². The standard InChI is InChI=1S/C14H19NO5S/c1-10-3-4-11(14(17)20-2)9-13(10)21(18,19)15(7-8-16)12-5-6-12/h3-4,9,12,16H,5-8H2,1-2H3. The van der Waals surface area contributed by atoms with Gasteiger partial charge in [0.05, 0.1) is 24.2 Å². The average molecular weight is 313 g/mol. The molecular formula is C14H19NO5S. The van der Waals surface area contributed by atoms with E-state index < -0.39 is 16.0 Å². The number of aliphatic hydroxyl groups excluding tert-OH is 1. The zero-order chi connectivity index (χ0) is 15.6. The molecule has 0 aliphatic heterocycles. The van der Waals surface area contributed by atoms with Crippen molar-refractivity contribution in [2.24, 2.45) is 0 Å². The van der Waals surface area contributed by atoms with Gasteiger partial charge in [-0.1, -0.05) is 6.07 Å². The number of sulfonamides is 1. The van der Waals surface area contributed by atoms with E-state index in [9.17, 15) is 13.2 Å². The van der Waals surface area contributed by atoms with Crippen molar-refractivity contribution in [2.45, 2.75) is 30.7 Å². The summed E-state index contributed by atoms with van der Waals surface area (Å²) in [7, 11) is -2.48. The molecule has 1 aliphatic carbocycles. The predicted octanol–water partition coefficient (Wildman–Crippen LogP) is 0.927. The Hall–Kier alpha value is -1.44. The number of benzene rings is 1. The summed E-state index contributed by atoms with van der Waals surface area (Å²) in [5.74, 6) is -0.577. The fourth-order valence-electron chi connectivity index (χ4n) is 2.21. The van der Waals surface area contributed by atoms with Crippen molar-refractivity contribution < 1.29 is 23.1 Å². The van der Waals surface area contributed by atoms with Crippen LogP contribution in [-0.4, -0.2) is 50.1 Å². The number of carbonyl (C=O) groups excluding carboxylic acids is 1. The van der Waals surface area contributed by atoms with Crippen LogP contribution in [0.1, 0.15) is 28.8 Å². The van der Waals surface area contributed by atoms with Crippen molar-refractivity contribution in [1.82, 2.24) is 4.31 Å². The second kappa shape index (κ2) is 6.13. The summed E-state index contributed by atoms with van der Waals surface area (Å²) >= 11 is 0. The molecule has 0 radical (unpaired) electrons. The van der Waals surface area contributed by atoms with E-state index in [0.717, 1.165) is 12.8 Å². The molecule has 0 saturated heterocycles. The number of hydrogen-bond acceptors (Lipinski definition) is 5. The van der Waals surface area contributed by atoms with Crippen LogP contribution in [-0.2, 0) is 14.8 Å². The Morgan fingerprint density at radius 2 is 2.10 bits per heavy atom. The number of methoxy groups -OCH3 is 1. The van der Waals surface area contributed by atoms with Crippen molar-refractivity contribution in [3.8, 4) is 0 Å². The average Bonchev–Trinajstić information content (AvgIpc) is 3.28. The van der Waals surface area contributed by atoms with E-state index in [1.54, 1.807) is 13.0 Å². The Morgan fingerprint density at radius 1 is 1.43 bits per heavy atom. The molecule has 1 aromatic carbocycles. The molecule has 116 valence electrons. The molecule has 1 aromatic rings. The largest absolute Gasteiger partial charge is 0.465 e. The third-order valence-electron chi connectivity index (χ3n) is 3.47. The molecule has 0 unspecified atom stereocenters. The minimum Gasteiger partial charge on any atom is -0.465 e. The summed E-state index contributed by atoms with van der Waals surface area (Å²) in [6.07, 6.45) is 1.60. The lowest BCUT2D eigenvalue weighted by atomic mass is 10.1. The molecule has 2 rings (SSSR count). The third kappa shape index (κ3) is 3.25. The van der Waals surface area contributed by atoms with E-state index in [1.807, 2.05) is 0 Å². The third-order valence-corrected chi connectivity index (χ3v) is 5.56. The Balaban J connectivity index is 2.45. The Morgan fingerprint density at radius 3 is 2.62 bits per heavy atom. The number of esters is 1. The van der Waals surface area contributed by atoms with Gasteiger partial charge < -0.3 is 9.84 Å². The zero-order valence-electron chi connectivity index (χ0n) is 12.1. The smallest absolute Gasteiger partial charge is 0.337 e.